The molecule has 2 aromatic carbocycles. The number of benzene rings is 2. The maximum atomic E-state index is 12.5. The van der Waals surface area contributed by atoms with Crippen LogP contribution < -0.4 is 10.6 Å². The molecule has 138 valence electrons. The van der Waals surface area contributed by atoms with Crippen molar-refractivity contribution in [1.29, 1.82) is 0 Å². The van der Waals surface area contributed by atoms with E-state index >= 15 is 0 Å². The van der Waals surface area contributed by atoms with Gasteiger partial charge in [-0.3, -0.25) is 10.1 Å². The van der Waals surface area contributed by atoms with E-state index in [-0.39, 0.29) is 11.9 Å². The van der Waals surface area contributed by atoms with Gasteiger partial charge in [0.2, 0.25) is 5.91 Å². The first-order chi connectivity index (χ1) is 12.5. The Morgan fingerprint density at radius 3 is 2.27 bits per heavy atom. The summed E-state index contributed by atoms with van der Waals surface area (Å²) in [6.07, 6.45) is -0.487. The lowest BCUT2D eigenvalue weighted by Crippen LogP contribution is -2.38. The van der Waals surface area contributed by atoms with Gasteiger partial charge in [0.05, 0.1) is 6.61 Å². The Hall–Kier alpha value is -3.02. The molecular weight excluding hydrogens is 330 g/mol. The summed E-state index contributed by atoms with van der Waals surface area (Å²) < 4.78 is 4.83. The van der Waals surface area contributed by atoms with Crippen molar-refractivity contribution in [2.75, 3.05) is 24.3 Å². The van der Waals surface area contributed by atoms with Gasteiger partial charge in [0.1, 0.15) is 6.04 Å². The molecule has 2 N–H and O–H groups in total. The molecule has 2 aromatic rings. The summed E-state index contributed by atoms with van der Waals surface area (Å²) in [5.41, 5.74) is 2.52. The van der Waals surface area contributed by atoms with Gasteiger partial charge in [-0.2, -0.15) is 0 Å². The number of ether oxygens (including phenoxy) is 1. The van der Waals surface area contributed by atoms with Gasteiger partial charge in [0.15, 0.2) is 0 Å². The SMILES string of the molecule is CCOC(=O)Nc1ccc(NC(C)C(=O)N(C)Cc2ccccc2)cc1. The number of carbonyl (C=O) groups is 2. The summed E-state index contributed by atoms with van der Waals surface area (Å²) in [5.74, 6) is 0.00239. The van der Waals surface area contributed by atoms with Crippen LogP contribution in [0.25, 0.3) is 0 Å². The molecule has 0 aromatic heterocycles. The van der Waals surface area contributed by atoms with Crippen molar-refractivity contribution < 1.29 is 14.3 Å². The number of nitrogens with zero attached hydrogens (tertiary/aromatic N) is 1. The van der Waals surface area contributed by atoms with Crippen molar-refractivity contribution in [3.05, 3.63) is 60.2 Å². The van der Waals surface area contributed by atoms with Crippen LogP contribution in [-0.2, 0) is 16.1 Å². The van der Waals surface area contributed by atoms with E-state index in [1.54, 1.807) is 31.0 Å². The minimum atomic E-state index is -0.487. The van der Waals surface area contributed by atoms with E-state index in [2.05, 4.69) is 10.6 Å². The van der Waals surface area contributed by atoms with E-state index < -0.39 is 6.09 Å². The van der Waals surface area contributed by atoms with Gasteiger partial charge in [0.25, 0.3) is 0 Å². The minimum absolute atomic E-state index is 0.00239. The number of amides is 2. The fourth-order valence-corrected chi connectivity index (χ4v) is 2.51. The summed E-state index contributed by atoms with van der Waals surface area (Å²) in [6.45, 7) is 4.46. The molecule has 0 spiro atoms. The van der Waals surface area contributed by atoms with Crippen LogP contribution in [0.5, 0.6) is 0 Å². The van der Waals surface area contributed by atoms with E-state index in [0.717, 1.165) is 11.3 Å². The van der Waals surface area contributed by atoms with Gasteiger partial charge in [-0.1, -0.05) is 30.3 Å². The molecule has 6 nitrogen and oxygen atoms in total. The molecule has 0 fully saturated rings. The van der Waals surface area contributed by atoms with Crippen LogP contribution >= 0.6 is 0 Å². The second kappa shape index (κ2) is 9.46. The lowest BCUT2D eigenvalue weighted by atomic mass is 10.2. The predicted molar refractivity (Wildman–Crippen MR) is 103 cm³/mol. The zero-order valence-corrected chi connectivity index (χ0v) is 15.4. The Morgan fingerprint density at radius 2 is 1.65 bits per heavy atom. The Kier molecular flexibility index (Phi) is 7.02. The average Bonchev–Trinajstić information content (AvgIpc) is 2.63. The quantitative estimate of drug-likeness (QED) is 0.794. The highest BCUT2D eigenvalue weighted by Crippen LogP contribution is 2.15. The standard InChI is InChI=1S/C20H25N3O3/c1-4-26-20(25)22-18-12-10-17(11-13-18)21-15(2)19(24)23(3)14-16-8-6-5-7-9-16/h5-13,15,21H,4,14H2,1-3H3,(H,22,25). The number of rotatable bonds is 7. The molecule has 6 heteroatoms. The second-order valence-electron chi connectivity index (χ2n) is 5.97. The van der Waals surface area contributed by atoms with Gasteiger partial charge in [-0.25, -0.2) is 4.79 Å². The molecule has 0 saturated carbocycles. The van der Waals surface area contributed by atoms with Crippen LogP contribution in [0.1, 0.15) is 19.4 Å². The molecular formula is C20H25N3O3. The molecule has 26 heavy (non-hydrogen) atoms. The molecule has 0 aliphatic carbocycles. The largest absolute Gasteiger partial charge is 0.450 e. The summed E-state index contributed by atoms with van der Waals surface area (Å²) in [6, 6.07) is 16.6. The third-order valence-electron chi connectivity index (χ3n) is 3.80. The normalized spacial score (nSPS) is 11.3. The van der Waals surface area contributed by atoms with Crippen LogP contribution in [0.4, 0.5) is 16.2 Å². The highest BCUT2D eigenvalue weighted by molar-refractivity contribution is 5.86. The first-order valence-corrected chi connectivity index (χ1v) is 8.59. The highest BCUT2D eigenvalue weighted by Gasteiger charge is 2.17. The fraction of sp³-hybridized carbons (Fsp3) is 0.300. The number of anilines is 2. The molecule has 0 aliphatic heterocycles. The zero-order chi connectivity index (χ0) is 18.9. The smallest absolute Gasteiger partial charge is 0.411 e. The molecule has 1 unspecified atom stereocenters. The molecule has 0 bridgehead atoms. The van der Waals surface area contributed by atoms with Crippen molar-refractivity contribution in [2.24, 2.45) is 0 Å². The van der Waals surface area contributed by atoms with Crippen LogP contribution in [-0.4, -0.2) is 36.6 Å². The fourth-order valence-electron chi connectivity index (χ4n) is 2.51. The first kappa shape index (κ1) is 19.3. The number of likely N-dealkylation sites (N-methyl/N-ethyl adjacent to an activating group) is 1. The van der Waals surface area contributed by atoms with Gasteiger partial charge in [0, 0.05) is 25.0 Å². The molecule has 1 atom stereocenters. The van der Waals surface area contributed by atoms with Crippen molar-refractivity contribution in [2.45, 2.75) is 26.4 Å². The Morgan fingerprint density at radius 1 is 1.04 bits per heavy atom. The van der Waals surface area contributed by atoms with E-state index in [1.165, 1.54) is 0 Å². The second-order valence-corrected chi connectivity index (χ2v) is 5.97. The number of carbonyl (C=O) groups excluding carboxylic acids is 2. The van der Waals surface area contributed by atoms with Crippen molar-refractivity contribution in [3.8, 4) is 0 Å². The molecule has 2 amide bonds. The third-order valence-corrected chi connectivity index (χ3v) is 3.80. The van der Waals surface area contributed by atoms with Gasteiger partial charge in [-0.05, 0) is 43.7 Å². The first-order valence-electron chi connectivity index (χ1n) is 8.59. The summed E-state index contributed by atoms with van der Waals surface area (Å²) in [4.78, 5) is 25.6. The van der Waals surface area contributed by atoms with E-state index in [9.17, 15) is 9.59 Å². The molecule has 0 aliphatic rings. The molecule has 0 radical (unpaired) electrons. The number of hydrogen-bond acceptors (Lipinski definition) is 4. The minimum Gasteiger partial charge on any atom is -0.450 e. The number of nitrogens with one attached hydrogen (secondary N) is 2. The maximum Gasteiger partial charge on any atom is 0.411 e. The van der Waals surface area contributed by atoms with Crippen molar-refractivity contribution >= 4 is 23.4 Å². The number of hydrogen-bond donors (Lipinski definition) is 2. The topological polar surface area (TPSA) is 70.7 Å². The average molecular weight is 355 g/mol. The lowest BCUT2D eigenvalue weighted by Gasteiger charge is -2.23. The van der Waals surface area contributed by atoms with E-state index in [1.807, 2.05) is 49.4 Å². The molecule has 0 heterocycles. The lowest BCUT2D eigenvalue weighted by molar-refractivity contribution is -0.130. The Labute approximate surface area is 154 Å². The summed E-state index contributed by atoms with van der Waals surface area (Å²) >= 11 is 0. The molecule has 2 rings (SSSR count). The monoisotopic (exact) mass is 355 g/mol. The van der Waals surface area contributed by atoms with Crippen molar-refractivity contribution in [1.82, 2.24) is 4.90 Å². The Balaban J connectivity index is 1.88. The zero-order valence-electron chi connectivity index (χ0n) is 15.4. The van der Waals surface area contributed by atoms with Crippen LogP contribution in [0.15, 0.2) is 54.6 Å². The van der Waals surface area contributed by atoms with Crippen LogP contribution in [0, 0.1) is 0 Å². The maximum absolute atomic E-state index is 12.5. The summed E-state index contributed by atoms with van der Waals surface area (Å²) in [5, 5.41) is 5.81. The van der Waals surface area contributed by atoms with Crippen LogP contribution in [0.2, 0.25) is 0 Å². The van der Waals surface area contributed by atoms with Crippen molar-refractivity contribution in [3.63, 3.8) is 0 Å². The predicted octanol–water partition coefficient (Wildman–Crippen LogP) is 3.71. The summed E-state index contributed by atoms with van der Waals surface area (Å²) in [7, 11) is 1.79. The van der Waals surface area contributed by atoms with E-state index in [0.29, 0.717) is 18.8 Å². The van der Waals surface area contributed by atoms with Gasteiger partial charge < -0.3 is 15.0 Å². The van der Waals surface area contributed by atoms with Gasteiger partial charge >= 0.3 is 6.09 Å². The Bertz CT molecular complexity index is 717. The third kappa shape index (κ3) is 5.81. The van der Waals surface area contributed by atoms with Crippen LogP contribution in [0.3, 0.4) is 0 Å². The van der Waals surface area contributed by atoms with Gasteiger partial charge in [-0.15, -0.1) is 0 Å². The molecule has 0 saturated heterocycles. The van der Waals surface area contributed by atoms with E-state index in [4.69, 9.17) is 4.74 Å². The highest BCUT2D eigenvalue weighted by atomic mass is 16.5.